The molecule has 1 spiro atoms. The van der Waals surface area contributed by atoms with Gasteiger partial charge >= 0.3 is 0 Å². The van der Waals surface area contributed by atoms with Crippen LogP contribution in [0.4, 0.5) is 0 Å². The van der Waals surface area contributed by atoms with Gasteiger partial charge in [0.2, 0.25) is 0 Å². The summed E-state index contributed by atoms with van der Waals surface area (Å²) in [4.78, 5) is 0.659. The van der Waals surface area contributed by atoms with Gasteiger partial charge in [-0.15, -0.1) is 0 Å². The summed E-state index contributed by atoms with van der Waals surface area (Å²) in [5.41, 5.74) is 1.36. The number of hydrogen-bond donors (Lipinski definition) is 0. The van der Waals surface area contributed by atoms with Crippen LogP contribution < -0.4 is 4.74 Å². The Morgan fingerprint density at radius 2 is 1.40 bits per heavy atom. The van der Waals surface area contributed by atoms with Crippen LogP contribution >= 0.6 is 23.2 Å². The summed E-state index contributed by atoms with van der Waals surface area (Å²) in [6.07, 6.45) is 0. The fourth-order valence-electron chi connectivity index (χ4n) is 3.49. The molecular formula is C19H10Cl2O3S. The fourth-order valence-corrected chi connectivity index (χ4v) is 4.98. The van der Waals surface area contributed by atoms with Crippen LogP contribution in [0, 0.1) is 0 Å². The van der Waals surface area contributed by atoms with Crippen molar-refractivity contribution in [1.82, 2.24) is 0 Å². The van der Waals surface area contributed by atoms with Crippen LogP contribution in [0.1, 0.15) is 16.7 Å². The summed E-state index contributed by atoms with van der Waals surface area (Å²) in [5, 5.41) is 1.10. The molecule has 3 aromatic rings. The maximum Gasteiger partial charge on any atom is 0.191 e. The van der Waals surface area contributed by atoms with Gasteiger partial charge in [-0.25, -0.2) is 4.21 Å². The molecule has 3 nitrogen and oxygen atoms in total. The van der Waals surface area contributed by atoms with Crippen LogP contribution in [0.3, 0.4) is 0 Å². The Hall–Kier alpha value is -1.85. The van der Waals surface area contributed by atoms with E-state index >= 15 is 0 Å². The number of hydrogen-bond acceptors (Lipinski definition) is 3. The first kappa shape index (κ1) is 15.4. The van der Waals surface area contributed by atoms with Crippen LogP contribution in [0.25, 0.3) is 0 Å². The molecule has 2 aliphatic heterocycles. The first-order chi connectivity index (χ1) is 12.1. The lowest BCUT2D eigenvalue weighted by Gasteiger charge is -2.36. The lowest BCUT2D eigenvalue weighted by molar-refractivity contribution is 0.175. The van der Waals surface area contributed by atoms with Crippen molar-refractivity contribution in [1.29, 1.82) is 0 Å². The summed E-state index contributed by atoms with van der Waals surface area (Å²) in [6.45, 7) is 0. The molecule has 2 aliphatic rings. The highest BCUT2D eigenvalue weighted by Crippen LogP contribution is 2.57. The highest BCUT2D eigenvalue weighted by atomic mass is 35.5. The SMILES string of the molecule is O=S1OC2(c3ccc(Cl)cc3Oc3cc(Cl)ccc32)c2ccccc21. The first-order valence-corrected chi connectivity index (χ1v) is 9.41. The molecular weight excluding hydrogens is 379 g/mol. The van der Waals surface area contributed by atoms with Crippen LogP contribution in [-0.2, 0) is 20.9 Å². The Morgan fingerprint density at radius 3 is 2.04 bits per heavy atom. The van der Waals surface area contributed by atoms with Crippen LogP contribution in [0.15, 0.2) is 65.6 Å². The molecule has 0 saturated carbocycles. The van der Waals surface area contributed by atoms with Gasteiger partial charge in [-0.3, -0.25) is 4.18 Å². The molecule has 1 atom stereocenters. The lowest BCUT2D eigenvalue weighted by atomic mass is 9.78. The van der Waals surface area contributed by atoms with E-state index in [1.54, 1.807) is 24.3 Å². The first-order valence-electron chi connectivity index (χ1n) is 7.58. The third-order valence-electron chi connectivity index (χ3n) is 4.51. The van der Waals surface area contributed by atoms with Gasteiger partial charge in [0.15, 0.2) is 16.7 Å². The van der Waals surface area contributed by atoms with Crippen LogP contribution in [0.5, 0.6) is 11.5 Å². The van der Waals surface area contributed by atoms with Crippen molar-refractivity contribution in [3.63, 3.8) is 0 Å². The number of ether oxygens (including phenoxy) is 1. The monoisotopic (exact) mass is 388 g/mol. The van der Waals surface area contributed by atoms with Crippen molar-refractivity contribution < 1.29 is 13.1 Å². The molecule has 0 amide bonds. The van der Waals surface area contributed by atoms with E-state index in [-0.39, 0.29) is 0 Å². The largest absolute Gasteiger partial charge is 0.456 e. The number of rotatable bonds is 0. The molecule has 2 heterocycles. The molecule has 0 bridgehead atoms. The minimum atomic E-state index is -1.58. The molecule has 3 aromatic carbocycles. The van der Waals surface area contributed by atoms with Crippen molar-refractivity contribution >= 4 is 34.3 Å². The van der Waals surface area contributed by atoms with Gasteiger partial charge in [-0.1, -0.05) is 53.5 Å². The molecule has 0 radical (unpaired) electrons. The average molecular weight is 389 g/mol. The maximum atomic E-state index is 12.7. The molecule has 0 saturated heterocycles. The predicted octanol–water partition coefficient (Wildman–Crippen LogP) is 5.44. The van der Waals surface area contributed by atoms with E-state index in [4.69, 9.17) is 32.1 Å². The van der Waals surface area contributed by atoms with Crippen LogP contribution in [-0.4, -0.2) is 4.21 Å². The Kier molecular flexibility index (Phi) is 3.28. The number of fused-ring (bicyclic) bond motifs is 6. The van der Waals surface area contributed by atoms with E-state index in [9.17, 15) is 4.21 Å². The van der Waals surface area contributed by atoms with Crippen molar-refractivity contribution in [2.45, 2.75) is 10.5 Å². The zero-order chi connectivity index (χ0) is 17.2. The van der Waals surface area contributed by atoms with Gasteiger partial charge in [0.25, 0.3) is 0 Å². The Labute approximate surface area is 156 Å². The predicted molar refractivity (Wildman–Crippen MR) is 96.8 cm³/mol. The average Bonchev–Trinajstić information content (AvgIpc) is 2.88. The lowest BCUT2D eigenvalue weighted by Crippen LogP contribution is -2.32. The third-order valence-corrected chi connectivity index (χ3v) is 6.10. The summed E-state index contributed by atoms with van der Waals surface area (Å²) in [6, 6.07) is 18.2. The molecule has 25 heavy (non-hydrogen) atoms. The molecule has 6 heteroatoms. The van der Waals surface area contributed by atoms with Crippen molar-refractivity contribution in [2.75, 3.05) is 0 Å². The van der Waals surface area contributed by atoms with Gasteiger partial charge in [-0.05, 0) is 30.3 Å². The summed E-state index contributed by atoms with van der Waals surface area (Å²) < 4.78 is 24.8. The topological polar surface area (TPSA) is 35.5 Å². The molecule has 0 aromatic heterocycles. The molecule has 124 valence electrons. The van der Waals surface area contributed by atoms with Crippen molar-refractivity contribution in [2.24, 2.45) is 0 Å². The van der Waals surface area contributed by atoms with E-state index in [2.05, 4.69) is 0 Å². The Balaban J connectivity index is 1.91. The van der Waals surface area contributed by atoms with Gasteiger partial charge < -0.3 is 4.74 Å². The second kappa shape index (κ2) is 5.32. The molecule has 5 rings (SSSR count). The van der Waals surface area contributed by atoms with Gasteiger partial charge in [-0.2, -0.15) is 0 Å². The summed E-state index contributed by atoms with van der Waals surface area (Å²) in [5.74, 6) is 1.13. The molecule has 0 fully saturated rings. The number of halogens is 2. The summed E-state index contributed by atoms with van der Waals surface area (Å²) in [7, 11) is 0. The van der Waals surface area contributed by atoms with Crippen molar-refractivity contribution in [3.8, 4) is 11.5 Å². The maximum absolute atomic E-state index is 12.7. The van der Waals surface area contributed by atoms with E-state index in [0.29, 0.717) is 26.4 Å². The molecule has 1 unspecified atom stereocenters. The van der Waals surface area contributed by atoms with E-state index in [1.165, 1.54) is 0 Å². The van der Waals surface area contributed by atoms with E-state index < -0.39 is 16.7 Å². The summed E-state index contributed by atoms with van der Waals surface area (Å²) >= 11 is 10.7. The minimum Gasteiger partial charge on any atom is -0.456 e. The third kappa shape index (κ3) is 2.06. The molecule has 0 aliphatic carbocycles. The standard InChI is InChI=1S/C19H10Cl2O3S/c20-11-5-7-13-16(9-11)23-17-10-12(21)6-8-14(17)19(13)15-3-1-2-4-18(15)25(22)24-19/h1-10H. The highest BCUT2D eigenvalue weighted by Gasteiger charge is 2.52. The number of benzene rings is 3. The van der Waals surface area contributed by atoms with E-state index in [1.807, 2.05) is 36.4 Å². The van der Waals surface area contributed by atoms with E-state index in [0.717, 1.165) is 16.7 Å². The minimum absolute atomic E-state index is 0.548. The second-order valence-electron chi connectivity index (χ2n) is 5.88. The van der Waals surface area contributed by atoms with Crippen LogP contribution in [0.2, 0.25) is 10.0 Å². The van der Waals surface area contributed by atoms with Gasteiger partial charge in [0.05, 0.1) is 4.90 Å². The Morgan fingerprint density at radius 1 is 0.800 bits per heavy atom. The highest BCUT2D eigenvalue weighted by molar-refractivity contribution is 7.80. The zero-order valence-electron chi connectivity index (χ0n) is 12.7. The van der Waals surface area contributed by atoms with Crippen molar-refractivity contribution in [3.05, 3.63) is 87.4 Å². The smallest absolute Gasteiger partial charge is 0.191 e. The fraction of sp³-hybridized carbons (Fsp3) is 0.0526. The second-order valence-corrected chi connectivity index (χ2v) is 7.83. The van der Waals surface area contributed by atoms with Gasteiger partial charge in [0, 0.05) is 26.7 Å². The quantitative estimate of drug-likeness (QED) is 0.513. The molecule has 0 N–H and O–H groups in total. The normalized spacial score (nSPS) is 19.0. The van der Waals surface area contributed by atoms with Gasteiger partial charge in [0.1, 0.15) is 11.5 Å². The zero-order valence-corrected chi connectivity index (χ0v) is 15.0. The Bertz CT molecular complexity index is 1010.